The number of urea groups is 1. The van der Waals surface area contributed by atoms with Crippen LogP contribution >= 0.6 is 0 Å². The molecule has 2 heterocycles. The molecule has 1 aliphatic carbocycles. The van der Waals surface area contributed by atoms with E-state index in [0.717, 1.165) is 4.90 Å². The fourth-order valence-corrected chi connectivity index (χ4v) is 6.07. The largest absolute Gasteiger partial charge is 0.493 e. The van der Waals surface area contributed by atoms with E-state index in [2.05, 4.69) is 5.32 Å². The third-order valence-corrected chi connectivity index (χ3v) is 8.49. The van der Waals surface area contributed by atoms with Gasteiger partial charge in [-0.25, -0.2) is 4.79 Å². The van der Waals surface area contributed by atoms with Gasteiger partial charge in [-0.15, -0.1) is 0 Å². The Bertz CT molecular complexity index is 1390. The molecule has 1 aromatic carbocycles. The second-order valence-corrected chi connectivity index (χ2v) is 11.4. The van der Waals surface area contributed by atoms with Gasteiger partial charge < -0.3 is 24.6 Å². The number of rotatable bonds is 12. The molecule has 1 saturated heterocycles. The van der Waals surface area contributed by atoms with Gasteiger partial charge in [-0.1, -0.05) is 38.5 Å². The number of ether oxygens (including phenoxy) is 3. The van der Waals surface area contributed by atoms with Crippen LogP contribution in [0.2, 0.25) is 0 Å². The summed E-state index contributed by atoms with van der Waals surface area (Å²) in [6.07, 6.45) is -3.84. The summed E-state index contributed by atoms with van der Waals surface area (Å²) in [5.74, 6) is 0.642. The summed E-state index contributed by atoms with van der Waals surface area (Å²) in [6, 6.07) is 0.795. The number of aliphatic hydroxyl groups is 1. The van der Waals surface area contributed by atoms with Crippen LogP contribution in [0.25, 0.3) is 6.08 Å². The second-order valence-electron chi connectivity index (χ2n) is 11.4. The summed E-state index contributed by atoms with van der Waals surface area (Å²) in [6.45, 7) is 5.97. The highest BCUT2D eigenvalue weighted by Gasteiger charge is 2.71. The van der Waals surface area contributed by atoms with Crippen LogP contribution in [0.3, 0.4) is 0 Å². The zero-order valence-electron chi connectivity index (χ0n) is 25.8. The minimum Gasteiger partial charge on any atom is -0.493 e. The number of allylic oxidation sites excluding steroid dienone is 3. The summed E-state index contributed by atoms with van der Waals surface area (Å²) >= 11 is 0. The van der Waals surface area contributed by atoms with Crippen LogP contribution in [-0.4, -0.2) is 66.2 Å². The standard InChI is InChI=1S/C32H38F6N2O6/c1-4-9-20-17-23(30(43,31(33,34)35)32(36,37)38)18-21(10-5-2)26(20)46-14-8-7-13-40-27(41)29(6-3,39-28(40)42)22-11-12-24-25(19-22)45-16-15-44-24/h4,9,11-12,17-18,22,43H,5-8,10,13-16,19H2,1-3H3,(H,39,42)/b9-4-. The first-order valence-electron chi connectivity index (χ1n) is 15.2. The van der Waals surface area contributed by atoms with Crippen LogP contribution in [0.4, 0.5) is 31.1 Å². The molecule has 0 spiro atoms. The molecule has 0 saturated carbocycles. The SMILES string of the molecule is C/C=C\c1cc(C(O)(C(F)(F)F)C(F)(F)F)cc(CCC)c1OCCCCN1C(=O)NC(CC)(C2C=CC3=C(C2)OCCO3)C1=O. The van der Waals surface area contributed by atoms with Crippen LogP contribution in [0.5, 0.6) is 5.75 Å². The van der Waals surface area contributed by atoms with Gasteiger partial charge in [-0.3, -0.25) is 9.69 Å². The molecule has 1 fully saturated rings. The number of hydrogen-bond acceptors (Lipinski definition) is 6. The Hall–Kier alpha value is -3.68. The molecule has 8 nitrogen and oxygen atoms in total. The Morgan fingerprint density at radius 2 is 1.78 bits per heavy atom. The fourth-order valence-electron chi connectivity index (χ4n) is 6.07. The fraction of sp³-hybridized carbons (Fsp3) is 0.562. The molecule has 4 rings (SSSR count). The number of halogens is 6. The van der Waals surface area contributed by atoms with E-state index in [1.807, 2.05) is 13.0 Å². The van der Waals surface area contributed by atoms with Crippen molar-refractivity contribution in [3.8, 4) is 5.75 Å². The number of nitrogens with one attached hydrogen (secondary N) is 1. The van der Waals surface area contributed by atoms with Gasteiger partial charge in [0, 0.05) is 30.0 Å². The van der Waals surface area contributed by atoms with Crippen molar-refractivity contribution in [2.45, 2.75) is 82.8 Å². The topological polar surface area (TPSA) is 97.3 Å². The molecule has 254 valence electrons. The minimum absolute atomic E-state index is 0.00558. The molecule has 0 aromatic heterocycles. The van der Waals surface area contributed by atoms with Crippen LogP contribution in [0.1, 0.15) is 69.6 Å². The van der Waals surface area contributed by atoms with E-state index in [1.165, 1.54) is 12.2 Å². The van der Waals surface area contributed by atoms with E-state index in [1.54, 1.807) is 19.9 Å². The van der Waals surface area contributed by atoms with Gasteiger partial charge >= 0.3 is 18.4 Å². The molecule has 1 aromatic rings. The lowest BCUT2D eigenvalue weighted by Crippen LogP contribution is -2.54. The maximum Gasteiger partial charge on any atom is 0.430 e. The summed E-state index contributed by atoms with van der Waals surface area (Å²) in [4.78, 5) is 27.7. The molecule has 2 aliphatic heterocycles. The highest BCUT2D eigenvalue weighted by atomic mass is 19.4. The molecule has 0 bridgehead atoms. The number of imide groups is 1. The molecule has 2 atom stereocenters. The highest BCUT2D eigenvalue weighted by Crippen LogP contribution is 2.51. The molecule has 14 heteroatoms. The molecular weight excluding hydrogens is 622 g/mol. The molecule has 0 radical (unpaired) electrons. The normalized spacial score (nSPS) is 22.2. The monoisotopic (exact) mass is 660 g/mol. The molecule has 3 aliphatic rings. The number of unbranched alkanes of at least 4 members (excludes halogenated alkanes) is 1. The number of hydrogen-bond donors (Lipinski definition) is 2. The number of carbonyl (C=O) groups is 2. The molecule has 46 heavy (non-hydrogen) atoms. The van der Waals surface area contributed by atoms with Crippen molar-refractivity contribution >= 4 is 18.0 Å². The van der Waals surface area contributed by atoms with Crippen molar-refractivity contribution in [3.63, 3.8) is 0 Å². The van der Waals surface area contributed by atoms with E-state index in [-0.39, 0.29) is 48.3 Å². The van der Waals surface area contributed by atoms with E-state index in [0.29, 0.717) is 69.0 Å². The lowest BCUT2D eigenvalue weighted by Gasteiger charge is -2.36. The van der Waals surface area contributed by atoms with Gasteiger partial charge in [-0.05, 0) is 56.4 Å². The van der Waals surface area contributed by atoms with Gasteiger partial charge in [-0.2, -0.15) is 26.3 Å². The summed E-state index contributed by atoms with van der Waals surface area (Å²) in [7, 11) is 0. The van der Waals surface area contributed by atoms with Crippen molar-refractivity contribution in [3.05, 3.63) is 58.6 Å². The number of nitrogens with zero attached hydrogens (tertiary/aromatic N) is 1. The van der Waals surface area contributed by atoms with Crippen molar-refractivity contribution in [2.24, 2.45) is 5.92 Å². The summed E-state index contributed by atoms with van der Waals surface area (Å²) < 4.78 is 99.1. The van der Waals surface area contributed by atoms with Crippen LogP contribution < -0.4 is 10.1 Å². The Kier molecular flexibility index (Phi) is 10.4. The van der Waals surface area contributed by atoms with E-state index in [9.17, 15) is 41.0 Å². The summed E-state index contributed by atoms with van der Waals surface area (Å²) in [5.41, 5.74) is -7.55. The number of carbonyl (C=O) groups excluding carboxylic acids is 2. The highest BCUT2D eigenvalue weighted by molar-refractivity contribution is 6.07. The van der Waals surface area contributed by atoms with Gasteiger partial charge in [0.25, 0.3) is 11.5 Å². The average molecular weight is 661 g/mol. The third kappa shape index (κ3) is 6.45. The first-order valence-corrected chi connectivity index (χ1v) is 15.2. The maximum atomic E-state index is 13.6. The Labute approximate surface area is 263 Å². The van der Waals surface area contributed by atoms with Gasteiger partial charge in [0.15, 0.2) is 5.76 Å². The quantitative estimate of drug-likeness (QED) is 0.148. The predicted octanol–water partition coefficient (Wildman–Crippen LogP) is 6.68. The van der Waals surface area contributed by atoms with E-state index in [4.69, 9.17) is 14.2 Å². The van der Waals surface area contributed by atoms with Crippen molar-refractivity contribution in [2.75, 3.05) is 26.4 Å². The maximum absolute atomic E-state index is 13.6. The Balaban J connectivity index is 1.45. The first kappa shape index (κ1) is 35.2. The first-order chi connectivity index (χ1) is 21.6. The number of amides is 3. The number of benzene rings is 1. The molecule has 2 N–H and O–H groups in total. The summed E-state index contributed by atoms with van der Waals surface area (Å²) in [5, 5.41) is 12.9. The van der Waals surface area contributed by atoms with Gasteiger partial charge in [0.05, 0.1) is 6.61 Å². The lowest BCUT2D eigenvalue weighted by molar-refractivity contribution is -0.376. The van der Waals surface area contributed by atoms with Crippen molar-refractivity contribution in [1.29, 1.82) is 0 Å². The second kappa shape index (κ2) is 13.6. The van der Waals surface area contributed by atoms with Crippen LogP contribution in [0, 0.1) is 5.92 Å². The zero-order chi connectivity index (χ0) is 33.9. The van der Waals surface area contributed by atoms with Crippen LogP contribution in [-0.2, 0) is 26.3 Å². The van der Waals surface area contributed by atoms with Crippen LogP contribution in [0.15, 0.2) is 41.9 Å². The molecule has 3 amide bonds. The lowest BCUT2D eigenvalue weighted by atomic mass is 9.77. The average Bonchev–Trinajstić information content (AvgIpc) is 3.25. The van der Waals surface area contributed by atoms with Crippen molar-refractivity contribution < 1.29 is 55.2 Å². The number of alkyl halides is 6. The van der Waals surface area contributed by atoms with Gasteiger partial charge in [0.1, 0.15) is 30.3 Å². The minimum atomic E-state index is -6.02. The third-order valence-electron chi connectivity index (χ3n) is 8.49. The predicted molar refractivity (Wildman–Crippen MR) is 155 cm³/mol. The van der Waals surface area contributed by atoms with E-state index < -0.39 is 35.1 Å². The van der Waals surface area contributed by atoms with Gasteiger partial charge in [0.2, 0.25) is 0 Å². The number of aryl methyl sites for hydroxylation is 1. The Morgan fingerprint density at radius 3 is 2.41 bits per heavy atom. The molecule has 2 unspecified atom stereocenters. The van der Waals surface area contributed by atoms with E-state index >= 15 is 0 Å². The smallest absolute Gasteiger partial charge is 0.430 e. The molecular formula is C32H38F6N2O6. The Morgan fingerprint density at radius 1 is 1.09 bits per heavy atom. The zero-order valence-corrected chi connectivity index (χ0v) is 25.8. The van der Waals surface area contributed by atoms with Crippen molar-refractivity contribution in [1.82, 2.24) is 10.2 Å².